The monoisotopic (exact) mass is 293 g/mol. The van der Waals surface area contributed by atoms with Gasteiger partial charge in [-0.05, 0) is 45.3 Å². The molecule has 118 valence electrons. The Kier molecular flexibility index (Phi) is 6.39. The van der Waals surface area contributed by atoms with E-state index in [4.69, 9.17) is 4.74 Å². The van der Waals surface area contributed by atoms with Gasteiger partial charge in [-0.15, -0.1) is 0 Å². The Morgan fingerprint density at radius 2 is 2.29 bits per heavy atom. The molecule has 5 nitrogen and oxygen atoms in total. The number of carbonyl (C=O) groups is 1. The molecule has 1 aromatic rings. The van der Waals surface area contributed by atoms with Crippen molar-refractivity contribution in [3.8, 4) is 0 Å². The van der Waals surface area contributed by atoms with Crippen LogP contribution in [-0.2, 0) is 16.0 Å². The first-order valence-corrected chi connectivity index (χ1v) is 8.07. The molecular weight excluding hydrogens is 266 g/mol. The lowest BCUT2D eigenvalue weighted by Crippen LogP contribution is -2.32. The van der Waals surface area contributed by atoms with Crippen molar-refractivity contribution < 1.29 is 9.53 Å². The van der Waals surface area contributed by atoms with Gasteiger partial charge in [0.2, 0.25) is 0 Å². The van der Waals surface area contributed by atoms with Crippen LogP contribution in [0.25, 0.3) is 0 Å². The first-order valence-electron chi connectivity index (χ1n) is 8.07. The number of nitrogens with one attached hydrogen (secondary N) is 1. The van der Waals surface area contributed by atoms with E-state index in [-0.39, 0.29) is 5.78 Å². The number of hydrogen-bond donors (Lipinski definition) is 1. The Morgan fingerprint density at radius 3 is 3.00 bits per heavy atom. The van der Waals surface area contributed by atoms with E-state index in [2.05, 4.69) is 24.3 Å². The molecule has 2 rings (SSSR count). The Labute approximate surface area is 127 Å². The van der Waals surface area contributed by atoms with Crippen molar-refractivity contribution in [2.75, 3.05) is 19.7 Å². The number of ketones is 1. The zero-order chi connectivity index (χ0) is 15.1. The molecule has 1 N–H and O–H groups in total. The number of aromatic nitrogens is 2. The van der Waals surface area contributed by atoms with Crippen LogP contribution in [0.5, 0.6) is 0 Å². The third kappa shape index (κ3) is 5.25. The molecule has 1 aliphatic heterocycles. The van der Waals surface area contributed by atoms with E-state index >= 15 is 0 Å². The SMILES string of the molecule is CCC(C)n1ccc(CC(=O)CCOC2CCNCC2)n1. The summed E-state index contributed by atoms with van der Waals surface area (Å²) in [5, 5.41) is 7.77. The van der Waals surface area contributed by atoms with Crippen LogP contribution in [0.1, 0.15) is 51.3 Å². The van der Waals surface area contributed by atoms with Gasteiger partial charge in [-0.2, -0.15) is 5.10 Å². The maximum Gasteiger partial charge on any atom is 0.141 e. The van der Waals surface area contributed by atoms with Crippen molar-refractivity contribution >= 4 is 5.78 Å². The van der Waals surface area contributed by atoms with Crippen molar-refractivity contribution in [2.24, 2.45) is 0 Å². The summed E-state index contributed by atoms with van der Waals surface area (Å²) in [7, 11) is 0. The number of piperidine rings is 1. The second-order valence-corrected chi connectivity index (χ2v) is 5.83. The summed E-state index contributed by atoms with van der Waals surface area (Å²) in [5.74, 6) is 0.207. The van der Waals surface area contributed by atoms with Crippen molar-refractivity contribution in [1.82, 2.24) is 15.1 Å². The van der Waals surface area contributed by atoms with Gasteiger partial charge in [0.25, 0.3) is 0 Å². The molecule has 0 radical (unpaired) electrons. The molecule has 21 heavy (non-hydrogen) atoms. The smallest absolute Gasteiger partial charge is 0.141 e. The fourth-order valence-corrected chi connectivity index (χ4v) is 2.50. The summed E-state index contributed by atoms with van der Waals surface area (Å²) in [5.41, 5.74) is 0.863. The van der Waals surface area contributed by atoms with E-state index in [0.29, 0.717) is 31.6 Å². The summed E-state index contributed by atoms with van der Waals surface area (Å²) in [6.07, 6.45) is 6.32. The molecule has 0 bridgehead atoms. The number of rotatable bonds is 8. The zero-order valence-corrected chi connectivity index (χ0v) is 13.2. The average Bonchev–Trinajstić information content (AvgIpc) is 2.96. The highest BCUT2D eigenvalue weighted by molar-refractivity contribution is 5.80. The fourth-order valence-electron chi connectivity index (χ4n) is 2.50. The number of carbonyl (C=O) groups excluding carboxylic acids is 1. The van der Waals surface area contributed by atoms with Crippen LogP contribution in [0.3, 0.4) is 0 Å². The lowest BCUT2D eigenvalue weighted by atomic mass is 10.1. The maximum atomic E-state index is 12.0. The molecule has 1 atom stereocenters. The minimum atomic E-state index is 0.207. The highest BCUT2D eigenvalue weighted by Gasteiger charge is 2.14. The third-order valence-electron chi connectivity index (χ3n) is 4.10. The zero-order valence-electron chi connectivity index (χ0n) is 13.2. The average molecular weight is 293 g/mol. The first kappa shape index (κ1) is 16.2. The topological polar surface area (TPSA) is 56.1 Å². The van der Waals surface area contributed by atoms with Crippen molar-refractivity contribution in [1.29, 1.82) is 0 Å². The van der Waals surface area contributed by atoms with E-state index < -0.39 is 0 Å². The minimum absolute atomic E-state index is 0.207. The van der Waals surface area contributed by atoms with Gasteiger partial charge in [-0.25, -0.2) is 0 Å². The number of nitrogens with zero attached hydrogens (tertiary/aromatic N) is 2. The number of hydrogen-bond acceptors (Lipinski definition) is 4. The van der Waals surface area contributed by atoms with Gasteiger partial charge < -0.3 is 10.1 Å². The van der Waals surface area contributed by atoms with E-state index in [1.54, 1.807) is 0 Å². The molecule has 5 heteroatoms. The van der Waals surface area contributed by atoms with Crippen molar-refractivity contribution in [3.05, 3.63) is 18.0 Å². The van der Waals surface area contributed by atoms with Crippen LogP contribution in [0.2, 0.25) is 0 Å². The van der Waals surface area contributed by atoms with E-state index in [1.807, 2.05) is 16.9 Å². The molecule has 0 aromatic carbocycles. The van der Waals surface area contributed by atoms with Gasteiger partial charge in [0.15, 0.2) is 0 Å². The highest BCUT2D eigenvalue weighted by Crippen LogP contribution is 2.11. The molecule has 0 aliphatic carbocycles. The summed E-state index contributed by atoms with van der Waals surface area (Å²) in [6, 6.07) is 2.33. The highest BCUT2D eigenvalue weighted by atomic mass is 16.5. The Hall–Kier alpha value is -1.20. The molecule has 0 amide bonds. The standard InChI is InChI=1S/C16H27N3O2/c1-3-13(2)19-10-6-14(18-19)12-15(20)7-11-21-16-4-8-17-9-5-16/h6,10,13,16-17H,3-5,7-9,11-12H2,1-2H3. The van der Waals surface area contributed by atoms with E-state index in [1.165, 1.54) is 0 Å². The van der Waals surface area contributed by atoms with E-state index in [9.17, 15) is 4.79 Å². The Balaban J connectivity index is 1.68. The third-order valence-corrected chi connectivity index (χ3v) is 4.10. The van der Waals surface area contributed by atoms with Gasteiger partial charge in [-0.1, -0.05) is 6.92 Å². The van der Waals surface area contributed by atoms with Crippen LogP contribution in [-0.4, -0.2) is 41.4 Å². The van der Waals surface area contributed by atoms with Crippen LogP contribution >= 0.6 is 0 Å². The van der Waals surface area contributed by atoms with Crippen molar-refractivity contribution in [3.63, 3.8) is 0 Å². The molecule has 2 heterocycles. The molecule has 1 aliphatic rings. The summed E-state index contributed by atoms with van der Waals surface area (Å²) in [6.45, 7) is 6.84. The molecule has 1 saturated heterocycles. The first-order chi connectivity index (χ1) is 10.2. The number of ether oxygens (including phenoxy) is 1. The quantitative estimate of drug-likeness (QED) is 0.797. The Bertz CT molecular complexity index is 438. The summed E-state index contributed by atoms with van der Waals surface area (Å²) >= 11 is 0. The predicted molar refractivity (Wildman–Crippen MR) is 82.4 cm³/mol. The fraction of sp³-hybridized carbons (Fsp3) is 0.750. The lowest BCUT2D eigenvalue weighted by molar-refractivity contribution is -0.120. The largest absolute Gasteiger partial charge is 0.378 e. The van der Waals surface area contributed by atoms with Gasteiger partial charge in [0, 0.05) is 18.7 Å². The molecule has 0 saturated carbocycles. The van der Waals surface area contributed by atoms with Crippen LogP contribution in [0.15, 0.2) is 12.3 Å². The second-order valence-electron chi connectivity index (χ2n) is 5.83. The molecular formula is C16H27N3O2. The molecule has 0 spiro atoms. The Morgan fingerprint density at radius 1 is 1.52 bits per heavy atom. The van der Waals surface area contributed by atoms with Crippen LogP contribution < -0.4 is 5.32 Å². The predicted octanol–water partition coefficient (Wildman–Crippen LogP) is 2.12. The summed E-state index contributed by atoms with van der Waals surface area (Å²) in [4.78, 5) is 12.0. The lowest BCUT2D eigenvalue weighted by Gasteiger charge is -2.22. The van der Waals surface area contributed by atoms with Gasteiger partial charge in [0.05, 0.1) is 24.8 Å². The summed E-state index contributed by atoms with van der Waals surface area (Å²) < 4.78 is 7.70. The number of Topliss-reactive ketones (excluding diaryl/α,β-unsaturated/α-hetero) is 1. The second kappa shape index (κ2) is 8.29. The normalized spacial score (nSPS) is 17.8. The van der Waals surface area contributed by atoms with E-state index in [0.717, 1.165) is 38.0 Å². The molecule has 1 unspecified atom stereocenters. The minimum Gasteiger partial charge on any atom is -0.378 e. The van der Waals surface area contributed by atoms with Crippen LogP contribution in [0.4, 0.5) is 0 Å². The molecule has 1 aromatic heterocycles. The van der Waals surface area contributed by atoms with Gasteiger partial charge in [-0.3, -0.25) is 9.48 Å². The van der Waals surface area contributed by atoms with Crippen molar-refractivity contribution in [2.45, 2.75) is 58.1 Å². The molecule has 1 fully saturated rings. The maximum absolute atomic E-state index is 12.0. The van der Waals surface area contributed by atoms with Gasteiger partial charge in [0.1, 0.15) is 5.78 Å². The van der Waals surface area contributed by atoms with Gasteiger partial charge >= 0.3 is 0 Å². The van der Waals surface area contributed by atoms with Crippen LogP contribution in [0, 0.1) is 0 Å².